The van der Waals surface area contributed by atoms with Crippen LogP contribution < -0.4 is 0 Å². The molecule has 1 atom stereocenters. The van der Waals surface area contributed by atoms with Crippen molar-refractivity contribution in [2.45, 2.75) is 58.8 Å². The minimum absolute atomic E-state index is 0.0936. The van der Waals surface area contributed by atoms with Crippen LogP contribution in [0.5, 0.6) is 0 Å². The highest BCUT2D eigenvalue weighted by Crippen LogP contribution is 2.40. The van der Waals surface area contributed by atoms with Gasteiger partial charge in [0.25, 0.3) is 0 Å². The number of carbonyl (C=O) groups is 2. The number of Topliss-reactive ketones (excluding diaryl/α,β-unsaturated/α-hetero) is 2. The molecule has 1 aliphatic rings. The van der Waals surface area contributed by atoms with Gasteiger partial charge in [0, 0.05) is 6.42 Å². The molecule has 1 rings (SSSR count). The summed E-state index contributed by atoms with van der Waals surface area (Å²) in [4.78, 5) is 23.3. The van der Waals surface area contributed by atoms with Gasteiger partial charge in [0.2, 0.25) is 0 Å². The van der Waals surface area contributed by atoms with Crippen LogP contribution >= 0.6 is 0 Å². The molecular formula is C12H20O2. The molecule has 0 N–H and O–H groups in total. The van der Waals surface area contributed by atoms with Crippen molar-refractivity contribution in [3.8, 4) is 0 Å². The molecule has 0 aromatic rings. The van der Waals surface area contributed by atoms with Crippen molar-refractivity contribution in [2.75, 3.05) is 0 Å². The summed E-state index contributed by atoms with van der Waals surface area (Å²) in [5.74, 6) is 0.289. The molecule has 0 aromatic carbocycles. The van der Waals surface area contributed by atoms with Crippen LogP contribution in [-0.4, -0.2) is 11.6 Å². The van der Waals surface area contributed by atoms with Crippen molar-refractivity contribution in [3.05, 3.63) is 0 Å². The van der Waals surface area contributed by atoms with E-state index >= 15 is 0 Å². The summed E-state index contributed by atoms with van der Waals surface area (Å²) in [7, 11) is 0. The standard InChI is InChI=1S/C12H20O2/c1-3-4-5-8-12(10(2)13)9-6-7-11(12)14/h3-9H2,1-2H3. The summed E-state index contributed by atoms with van der Waals surface area (Å²) in [6.45, 7) is 3.71. The fourth-order valence-electron chi connectivity index (χ4n) is 2.42. The quantitative estimate of drug-likeness (QED) is 0.500. The van der Waals surface area contributed by atoms with E-state index in [4.69, 9.17) is 0 Å². The Balaban J connectivity index is 2.63. The third-order valence-electron chi connectivity index (χ3n) is 3.42. The van der Waals surface area contributed by atoms with E-state index in [-0.39, 0.29) is 11.6 Å². The van der Waals surface area contributed by atoms with Crippen LogP contribution in [0.2, 0.25) is 0 Å². The largest absolute Gasteiger partial charge is 0.299 e. The van der Waals surface area contributed by atoms with Gasteiger partial charge in [-0.3, -0.25) is 9.59 Å². The number of rotatable bonds is 5. The SMILES string of the molecule is CCCCCC1(C(C)=O)CCCC1=O. The highest BCUT2D eigenvalue weighted by atomic mass is 16.2. The van der Waals surface area contributed by atoms with Gasteiger partial charge < -0.3 is 0 Å². The Labute approximate surface area is 86.1 Å². The number of hydrogen-bond donors (Lipinski definition) is 0. The van der Waals surface area contributed by atoms with Crippen LogP contribution in [0.1, 0.15) is 58.8 Å². The third kappa shape index (κ3) is 2.05. The zero-order chi connectivity index (χ0) is 10.6. The second-order valence-corrected chi connectivity index (χ2v) is 4.37. The van der Waals surface area contributed by atoms with Crippen LogP contribution in [-0.2, 0) is 9.59 Å². The van der Waals surface area contributed by atoms with Gasteiger partial charge in [0.05, 0.1) is 5.41 Å². The molecule has 0 bridgehead atoms. The Bertz CT molecular complexity index is 232. The average Bonchev–Trinajstić information content (AvgIpc) is 2.49. The molecule has 0 heterocycles. The summed E-state index contributed by atoms with van der Waals surface area (Å²) < 4.78 is 0. The minimum Gasteiger partial charge on any atom is -0.299 e. The predicted molar refractivity (Wildman–Crippen MR) is 56.1 cm³/mol. The topological polar surface area (TPSA) is 34.1 Å². The van der Waals surface area contributed by atoms with E-state index in [0.717, 1.165) is 38.5 Å². The number of unbranched alkanes of at least 4 members (excludes halogenated alkanes) is 2. The molecule has 1 saturated carbocycles. The smallest absolute Gasteiger partial charge is 0.146 e. The van der Waals surface area contributed by atoms with Crippen molar-refractivity contribution >= 4 is 11.6 Å². The summed E-state index contributed by atoms with van der Waals surface area (Å²) in [5.41, 5.74) is -0.574. The second kappa shape index (κ2) is 4.72. The molecule has 0 aliphatic heterocycles. The average molecular weight is 196 g/mol. The fraction of sp³-hybridized carbons (Fsp3) is 0.833. The van der Waals surface area contributed by atoms with Gasteiger partial charge in [-0.15, -0.1) is 0 Å². The lowest BCUT2D eigenvalue weighted by molar-refractivity contribution is -0.137. The molecule has 2 heteroatoms. The first-order valence-electron chi connectivity index (χ1n) is 5.68. The Kier molecular flexibility index (Phi) is 3.85. The Morgan fingerprint density at radius 2 is 2.14 bits per heavy atom. The van der Waals surface area contributed by atoms with E-state index < -0.39 is 5.41 Å². The molecule has 2 nitrogen and oxygen atoms in total. The molecule has 0 amide bonds. The van der Waals surface area contributed by atoms with Crippen LogP contribution in [0.15, 0.2) is 0 Å². The molecule has 0 spiro atoms. The first-order valence-corrected chi connectivity index (χ1v) is 5.68. The maximum Gasteiger partial charge on any atom is 0.146 e. The third-order valence-corrected chi connectivity index (χ3v) is 3.42. The Hall–Kier alpha value is -0.660. The summed E-state index contributed by atoms with van der Waals surface area (Å²) >= 11 is 0. The summed E-state index contributed by atoms with van der Waals surface area (Å²) in [6, 6.07) is 0. The summed E-state index contributed by atoms with van der Waals surface area (Å²) in [5, 5.41) is 0. The lowest BCUT2D eigenvalue weighted by Crippen LogP contribution is -2.33. The van der Waals surface area contributed by atoms with Gasteiger partial charge in [-0.05, 0) is 26.2 Å². The zero-order valence-corrected chi connectivity index (χ0v) is 9.27. The molecule has 0 radical (unpaired) electrons. The van der Waals surface area contributed by atoms with Crippen molar-refractivity contribution in [2.24, 2.45) is 5.41 Å². The lowest BCUT2D eigenvalue weighted by atomic mass is 9.77. The molecular weight excluding hydrogens is 176 g/mol. The van der Waals surface area contributed by atoms with Gasteiger partial charge in [0.1, 0.15) is 11.6 Å². The fourth-order valence-corrected chi connectivity index (χ4v) is 2.42. The monoisotopic (exact) mass is 196 g/mol. The van der Waals surface area contributed by atoms with Gasteiger partial charge in [0.15, 0.2) is 0 Å². The molecule has 1 fully saturated rings. The molecule has 80 valence electrons. The van der Waals surface area contributed by atoms with Crippen molar-refractivity contribution in [3.63, 3.8) is 0 Å². The maximum absolute atomic E-state index is 11.7. The summed E-state index contributed by atoms with van der Waals surface area (Å²) in [6.07, 6.45) is 6.39. The van der Waals surface area contributed by atoms with E-state index in [1.165, 1.54) is 0 Å². The van der Waals surface area contributed by atoms with E-state index in [1.54, 1.807) is 6.92 Å². The minimum atomic E-state index is -0.574. The van der Waals surface area contributed by atoms with Crippen LogP contribution in [0.4, 0.5) is 0 Å². The number of ketones is 2. The normalized spacial score (nSPS) is 26.9. The van der Waals surface area contributed by atoms with Crippen molar-refractivity contribution in [1.29, 1.82) is 0 Å². The first kappa shape index (κ1) is 11.4. The van der Waals surface area contributed by atoms with Gasteiger partial charge in [-0.25, -0.2) is 0 Å². The maximum atomic E-state index is 11.7. The van der Waals surface area contributed by atoms with Crippen LogP contribution in [0.3, 0.4) is 0 Å². The second-order valence-electron chi connectivity index (χ2n) is 4.37. The van der Waals surface area contributed by atoms with E-state index in [0.29, 0.717) is 6.42 Å². The van der Waals surface area contributed by atoms with Crippen molar-refractivity contribution < 1.29 is 9.59 Å². The zero-order valence-electron chi connectivity index (χ0n) is 9.27. The lowest BCUT2D eigenvalue weighted by Gasteiger charge is -2.23. The Morgan fingerprint density at radius 3 is 2.57 bits per heavy atom. The number of carbonyl (C=O) groups excluding carboxylic acids is 2. The molecule has 1 unspecified atom stereocenters. The highest BCUT2D eigenvalue weighted by molar-refractivity contribution is 6.07. The molecule has 14 heavy (non-hydrogen) atoms. The van der Waals surface area contributed by atoms with Crippen molar-refractivity contribution in [1.82, 2.24) is 0 Å². The molecule has 0 aromatic heterocycles. The first-order chi connectivity index (χ1) is 6.63. The van der Waals surface area contributed by atoms with E-state index in [1.807, 2.05) is 0 Å². The van der Waals surface area contributed by atoms with Crippen LogP contribution in [0, 0.1) is 5.41 Å². The highest BCUT2D eigenvalue weighted by Gasteiger charge is 2.45. The predicted octanol–water partition coefficient (Wildman–Crippen LogP) is 2.90. The van der Waals surface area contributed by atoms with Crippen LogP contribution in [0.25, 0.3) is 0 Å². The van der Waals surface area contributed by atoms with Gasteiger partial charge in [-0.2, -0.15) is 0 Å². The number of hydrogen-bond acceptors (Lipinski definition) is 2. The molecule has 0 saturated heterocycles. The van der Waals surface area contributed by atoms with Gasteiger partial charge >= 0.3 is 0 Å². The van der Waals surface area contributed by atoms with E-state index in [9.17, 15) is 9.59 Å². The molecule has 1 aliphatic carbocycles. The van der Waals surface area contributed by atoms with E-state index in [2.05, 4.69) is 6.92 Å². The Morgan fingerprint density at radius 1 is 1.43 bits per heavy atom. The van der Waals surface area contributed by atoms with Gasteiger partial charge in [-0.1, -0.05) is 26.2 Å².